The fourth-order valence-electron chi connectivity index (χ4n) is 2.58. The van der Waals surface area contributed by atoms with Crippen LogP contribution in [-0.4, -0.2) is 13.2 Å². The zero-order valence-corrected chi connectivity index (χ0v) is 13.3. The summed E-state index contributed by atoms with van der Waals surface area (Å²) >= 11 is 0. The van der Waals surface area contributed by atoms with E-state index in [2.05, 4.69) is 0 Å². The maximum Gasteiger partial charge on any atom is 0.336 e. The smallest absolute Gasteiger partial charge is 0.336 e. The van der Waals surface area contributed by atoms with E-state index in [1.165, 1.54) is 6.07 Å². The molecule has 5 nitrogen and oxygen atoms in total. The van der Waals surface area contributed by atoms with Crippen LogP contribution in [0.1, 0.15) is 16.9 Å². The van der Waals surface area contributed by atoms with Crippen molar-refractivity contribution < 1.29 is 13.6 Å². The lowest BCUT2D eigenvalue weighted by Crippen LogP contribution is -2.08. The topological polar surface area (TPSA) is 78.6 Å². The summed E-state index contributed by atoms with van der Waals surface area (Å²) in [5.41, 5.74) is 8.35. The maximum absolute atomic E-state index is 11.4. The molecule has 0 saturated carbocycles. The third-order valence-electron chi connectivity index (χ3n) is 3.67. The number of halogens is 1. The molecule has 1 aromatic carbocycles. The molecule has 2 heterocycles. The van der Waals surface area contributed by atoms with Crippen LogP contribution in [0.25, 0.3) is 21.9 Å². The highest BCUT2D eigenvalue weighted by Crippen LogP contribution is 2.33. The third kappa shape index (κ3) is 2.75. The Labute approximate surface area is 133 Å². The van der Waals surface area contributed by atoms with Crippen molar-refractivity contribution in [3.05, 3.63) is 45.5 Å². The van der Waals surface area contributed by atoms with Crippen LogP contribution in [0.15, 0.2) is 31.8 Å². The SMILES string of the molecule is Cc1oc2cc3oc(=O)ccc3c(COCCN)c2c1C.Cl. The third-order valence-corrected chi connectivity index (χ3v) is 3.67. The highest BCUT2D eigenvalue weighted by atomic mass is 35.5. The highest BCUT2D eigenvalue weighted by molar-refractivity contribution is 5.99. The first-order valence-electron chi connectivity index (χ1n) is 6.85. The van der Waals surface area contributed by atoms with Gasteiger partial charge in [-0.25, -0.2) is 4.79 Å². The van der Waals surface area contributed by atoms with E-state index < -0.39 is 0 Å². The van der Waals surface area contributed by atoms with E-state index in [0.29, 0.717) is 30.9 Å². The second-order valence-electron chi connectivity index (χ2n) is 5.02. The fraction of sp³-hybridized carbons (Fsp3) is 0.312. The molecule has 0 radical (unpaired) electrons. The van der Waals surface area contributed by atoms with Crippen LogP contribution >= 0.6 is 12.4 Å². The second-order valence-corrected chi connectivity index (χ2v) is 5.02. The monoisotopic (exact) mass is 323 g/mol. The van der Waals surface area contributed by atoms with E-state index in [4.69, 9.17) is 19.3 Å². The van der Waals surface area contributed by atoms with Gasteiger partial charge in [-0.2, -0.15) is 0 Å². The molecule has 0 bridgehead atoms. The Hall–Kier alpha value is -1.82. The van der Waals surface area contributed by atoms with Crippen LogP contribution in [0.3, 0.4) is 0 Å². The fourth-order valence-corrected chi connectivity index (χ4v) is 2.58. The van der Waals surface area contributed by atoms with Crippen LogP contribution in [-0.2, 0) is 11.3 Å². The minimum absolute atomic E-state index is 0. The zero-order chi connectivity index (χ0) is 15.0. The van der Waals surface area contributed by atoms with Crippen molar-refractivity contribution in [3.63, 3.8) is 0 Å². The second kappa shape index (κ2) is 6.52. The molecule has 0 aliphatic carbocycles. The molecule has 22 heavy (non-hydrogen) atoms. The van der Waals surface area contributed by atoms with Crippen molar-refractivity contribution in [2.24, 2.45) is 5.73 Å². The average Bonchev–Trinajstić information content (AvgIpc) is 2.73. The van der Waals surface area contributed by atoms with E-state index in [1.54, 1.807) is 12.1 Å². The Kier molecular flexibility index (Phi) is 4.90. The van der Waals surface area contributed by atoms with Gasteiger partial charge < -0.3 is 19.3 Å². The van der Waals surface area contributed by atoms with Gasteiger partial charge in [0.1, 0.15) is 16.9 Å². The number of ether oxygens (including phenoxy) is 1. The maximum atomic E-state index is 11.4. The minimum atomic E-state index is -0.379. The van der Waals surface area contributed by atoms with Crippen molar-refractivity contribution in [3.8, 4) is 0 Å². The van der Waals surface area contributed by atoms with Gasteiger partial charge in [0, 0.05) is 35.0 Å². The van der Waals surface area contributed by atoms with Crippen molar-refractivity contribution in [1.82, 2.24) is 0 Å². The molecule has 0 saturated heterocycles. The molecule has 118 valence electrons. The van der Waals surface area contributed by atoms with Gasteiger partial charge in [-0.05, 0) is 25.5 Å². The van der Waals surface area contributed by atoms with Gasteiger partial charge in [0.15, 0.2) is 0 Å². The first kappa shape index (κ1) is 16.5. The van der Waals surface area contributed by atoms with Crippen LogP contribution in [0.2, 0.25) is 0 Å². The Morgan fingerprint density at radius 3 is 2.68 bits per heavy atom. The molecule has 2 aromatic heterocycles. The lowest BCUT2D eigenvalue weighted by Gasteiger charge is -2.08. The summed E-state index contributed by atoms with van der Waals surface area (Å²) < 4.78 is 16.6. The Morgan fingerprint density at radius 1 is 1.18 bits per heavy atom. The number of rotatable bonds is 4. The van der Waals surface area contributed by atoms with E-state index in [1.807, 2.05) is 13.8 Å². The quantitative estimate of drug-likeness (QED) is 0.589. The molecule has 3 rings (SSSR count). The number of hydrogen-bond donors (Lipinski definition) is 1. The van der Waals surface area contributed by atoms with Gasteiger partial charge >= 0.3 is 5.63 Å². The molecule has 0 atom stereocenters. The number of furan rings is 1. The standard InChI is InChI=1S/C16H17NO4.ClH/c1-9-10(2)20-14-7-13-11(3-4-15(18)21-13)12(16(9)14)8-19-6-5-17;/h3-4,7H,5-6,8,17H2,1-2H3;1H. The summed E-state index contributed by atoms with van der Waals surface area (Å²) in [4.78, 5) is 11.4. The van der Waals surface area contributed by atoms with Crippen molar-refractivity contribution in [2.45, 2.75) is 20.5 Å². The van der Waals surface area contributed by atoms with Gasteiger partial charge in [0.2, 0.25) is 0 Å². The number of hydrogen-bond acceptors (Lipinski definition) is 5. The molecule has 0 fully saturated rings. The van der Waals surface area contributed by atoms with Gasteiger partial charge in [-0.3, -0.25) is 0 Å². The number of aryl methyl sites for hydroxylation is 2. The zero-order valence-electron chi connectivity index (χ0n) is 12.5. The Balaban J connectivity index is 0.00000176. The molecule has 2 N–H and O–H groups in total. The number of benzene rings is 1. The van der Waals surface area contributed by atoms with Gasteiger partial charge in [-0.15, -0.1) is 12.4 Å². The first-order chi connectivity index (χ1) is 10.1. The van der Waals surface area contributed by atoms with Gasteiger partial charge in [-0.1, -0.05) is 0 Å². The summed E-state index contributed by atoms with van der Waals surface area (Å²) in [5.74, 6) is 0.850. The molecule has 0 unspecified atom stereocenters. The lowest BCUT2D eigenvalue weighted by molar-refractivity contribution is 0.130. The summed E-state index contributed by atoms with van der Waals surface area (Å²) in [6.45, 7) is 5.27. The van der Waals surface area contributed by atoms with E-state index in [-0.39, 0.29) is 18.0 Å². The van der Waals surface area contributed by atoms with Crippen molar-refractivity contribution >= 4 is 34.3 Å². The summed E-state index contributed by atoms with van der Waals surface area (Å²) in [5, 5.41) is 1.88. The summed E-state index contributed by atoms with van der Waals surface area (Å²) in [6, 6.07) is 4.95. The van der Waals surface area contributed by atoms with E-state index >= 15 is 0 Å². The van der Waals surface area contributed by atoms with E-state index in [0.717, 1.165) is 27.7 Å². The molecule has 3 aromatic rings. The molecule has 0 amide bonds. The molecule has 0 aliphatic heterocycles. The van der Waals surface area contributed by atoms with Crippen molar-refractivity contribution in [1.29, 1.82) is 0 Å². The first-order valence-corrected chi connectivity index (χ1v) is 6.85. The minimum Gasteiger partial charge on any atom is -0.461 e. The lowest BCUT2D eigenvalue weighted by atomic mass is 10.0. The van der Waals surface area contributed by atoms with Crippen LogP contribution in [0, 0.1) is 13.8 Å². The van der Waals surface area contributed by atoms with Crippen LogP contribution in [0.4, 0.5) is 0 Å². The largest absolute Gasteiger partial charge is 0.461 e. The van der Waals surface area contributed by atoms with E-state index in [9.17, 15) is 4.79 Å². The molecule has 6 heteroatoms. The predicted molar refractivity (Wildman–Crippen MR) is 87.7 cm³/mol. The molecule has 0 aliphatic rings. The molecular formula is C16H18ClNO4. The highest BCUT2D eigenvalue weighted by Gasteiger charge is 2.16. The normalized spacial score (nSPS) is 11.0. The molecule has 0 spiro atoms. The number of fused-ring (bicyclic) bond motifs is 2. The van der Waals surface area contributed by atoms with Crippen LogP contribution in [0.5, 0.6) is 0 Å². The predicted octanol–water partition coefficient (Wildman–Crippen LogP) is 3.05. The van der Waals surface area contributed by atoms with Gasteiger partial charge in [0.25, 0.3) is 0 Å². The Morgan fingerprint density at radius 2 is 1.95 bits per heavy atom. The van der Waals surface area contributed by atoms with Crippen molar-refractivity contribution in [2.75, 3.05) is 13.2 Å². The molecular weight excluding hydrogens is 306 g/mol. The van der Waals surface area contributed by atoms with Crippen LogP contribution < -0.4 is 11.4 Å². The average molecular weight is 324 g/mol. The van der Waals surface area contributed by atoms with Gasteiger partial charge in [0.05, 0.1) is 13.2 Å². The summed E-state index contributed by atoms with van der Waals surface area (Å²) in [6.07, 6.45) is 0. The summed E-state index contributed by atoms with van der Waals surface area (Å²) in [7, 11) is 0. The Bertz CT molecular complexity index is 866. The number of nitrogens with two attached hydrogens (primary N) is 1.